The lowest BCUT2D eigenvalue weighted by Gasteiger charge is -2.42. The number of ether oxygens (including phenoxy) is 1. The summed E-state index contributed by atoms with van der Waals surface area (Å²) in [5.41, 5.74) is 0. The van der Waals surface area contributed by atoms with Crippen molar-refractivity contribution in [3.05, 3.63) is 6.92 Å². The normalized spacial score (nSPS) is 14.9. The average Bonchev–Trinajstić information content (AvgIpc) is 2.18. The fraction of sp³-hybridized carbons (Fsp3) is 0.933. The van der Waals surface area contributed by atoms with Crippen LogP contribution in [-0.2, 0) is 21.2 Å². The molecular weight excluding hydrogens is 401 g/mol. The van der Waals surface area contributed by atoms with Crippen LogP contribution in [0.3, 0.4) is 0 Å². The molecule has 0 aliphatic rings. The number of hydrogen-bond donors (Lipinski definition) is 0. The summed E-state index contributed by atoms with van der Waals surface area (Å²) in [6.07, 6.45) is 0. The van der Waals surface area contributed by atoms with Gasteiger partial charge in [0.15, 0.2) is 16.6 Å². The van der Waals surface area contributed by atoms with Crippen LogP contribution in [0.1, 0.15) is 0 Å². The van der Waals surface area contributed by atoms with E-state index in [9.17, 15) is 0 Å². The summed E-state index contributed by atoms with van der Waals surface area (Å²) < 4.78 is 31.2. The monoisotopic (exact) mass is 441 g/mol. The van der Waals surface area contributed by atoms with E-state index in [1.807, 2.05) is 0 Å². The van der Waals surface area contributed by atoms with E-state index in [1.54, 1.807) is 0 Å². The largest absolute Gasteiger partial charge is 0.437 e. The highest BCUT2D eigenvalue weighted by atomic mass is 28.5. The first-order chi connectivity index (χ1) is 10.9. The molecule has 0 fully saturated rings. The zero-order valence-corrected chi connectivity index (χ0v) is 23.4. The number of rotatable bonds is 12. The van der Waals surface area contributed by atoms with Gasteiger partial charge in [0.25, 0.3) is 0 Å². The van der Waals surface area contributed by atoms with Crippen molar-refractivity contribution in [3.8, 4) is 0 Å². The standard InChI is InChI=1S/C15H41O5Si5/c1-13-16-14-15-22(5,6)18-24(9,10)20-25(11,12)19-23(7,8)17-21(2,3)4/h1,13-15H2,2-12H3. The van der Waals surface area contributed by atoms with Gasteiger partial charge in [-0.2, -0.15) is 0 Å². The molecule has 0 amide bonds. The third-order valence-electron chi connectivity index (χ3n) is 3.05. The molecule has 0 atom stereocenters. The van der Waals surface area contributed by atoms with Crippen molar-refractivity contribution in [1.82, 2.24) is 0 Å². The van der Waals surface area contributed by atoms with Gasteiger partial charge in [0.1, 0.15) is 0 Å². The predicted molar refractivity (Wildman–Crippen MR) is 119 cm³/mol. The van der Waals surface area contributed by atoms with Gasteiger partial charge in [-0.1, -0.05) is 0 Å². The lowest BCUT2D eigenvalue weighted by atomic mass is 10.8. The van der Waals surface area contributed by atoms with Crippen LogP contribution in [0.25, 0.3) is 0 Å². The maximum atomic E-state index is 6.52. The van der Waals surface area contributed by atoms with E-state index in [4.69, 9.17) is 21.2 Å². The molecule has 0 N–H and O–H groups in total. The van der Waals surface area contributed by atoms with Crippen LogP contribution in [0.4, 0.5) is 0 Å². The van der Waals surface area contributed by atoms with E-state index < -0.39 is 42.3 Å². The molecule has 0 saturated heterocycles. The van der Waals surface area contributed by atoms with Gasteiger partial charge < -0.3 is 21.2 Å². The molecule has 151 valence electrons. The molecule has 0 aromatic carbocycles. The molecule has 0 aliphatic carbocycles. The molecule has 0 aromatic rings. The predicted octanol–water partition coefficient (Wildman–Crippen LogP) is 5.05. The van der Waals surface area contributed by atoms with Crippen LogP contribution in [0, 0.1) is 6.92 Å². The van der Waals surface area contributed by atoms with Gasteiger partial charge in [-0.3, -0.25) is 0 Å². The Morgan fingerprint density at radius 2 is 1.00 bits per heavy atom. The highest BCUT2D eigenvalue weighted by molar-refractivity contribution is 6.90. The molecule has 10 heteroatoms. The van der Waals surface area contributed by atoms with E-state index in [-0.39, 0.29) is 0 Å². The Morgan fingerprint density at radius 1 is 0.600 bits per heavy atom. The van der Waals surface area contributed by atoms with Crippen LogP contribution in [0.15, 0.2) is 0 Å². The van der Waals surface area contributed by atoms with Crippen molar-refractivity contribution >= 4 is 42.3 Å². The first kappa shape index (κ1) is 25.9. The van der Waals surface area contributed by atoms with Crippen LogP contribution < -0.4 is 0 Å². The summed E-state index contributed by atoms with van der Waals surface area (Å²) >= 11 is 0. The van der Waals surface area contributed by atoms with Gasteiger partial charge in [0.2, 0.25) is 0 Å². The molecule has 5 nitrogen and oxygen atoms in total. The van der Waals surface area contributed by atoms with Crippen molar-refractivity contribution in [3.63, 3.8) is 0 Å². The summed E-state index contributed by atoms with van der Waals surface area (Å²) in [6.45, 7) is 28.6. The van der Waals surface area contributed by atoms with Gasteiger partial charge in [-0.15, -0.1) is 0 Å². The SMILES string of the molecule is [CH2]COCC[Si](C)(C)O[Si](C)(C)O[Si](C)(C)O[Si](C)(C)O[Si](C)(C)C. The summed E-state index contributed by atoms with van der Waals surface area (Å²) in [7, 11) is -10.3. The smallest absolute Gasteiger partial charge is 0.314 e. The fourth-order valence-corrected chi connectivity index (χ4v) is 26.5. The van der Waals surface area contributed by atoms with Gasteiger partial charge in [-0.05, 0) is 85.0 Å². The van der Waals surface area contributed by atoms with Crippen LogP contribution in [-0.4, -0.2) is 55.5 Å². The first-order valence-corrected chi connectivity index (χ1v) is 24.0. The van der Waals surface area contributed by atoms with Crippen molar-refractivity contribution in [1.29, 1.82) is 0 Å². The second-order valence-corrected chi connectivity index (χ2v) is 29.3. The van der Waals surface area contributed by atoms with Gasteiger partial charge in [0, 0.05) is 13.2 Å². The maximum Gasteiger partial charge on any atom is 0.314 e. The zero-order valence-electron chi connectivity index (χ0n) is 18.4. The molecule has 25 heavy (non-hydrogen) atoms. The van der Waals surface area contributed by atoms with E-state index in [1.165, 1.54) is 0 Å². The van der Waals surface area contributed by atoms with Crippen molar-refractivity contribution in [2.45, 2.75) is 78.1 Å². The zero-order chi connectivity index (χ0) is 20.2. The third-order valence-corrected chi connectivity index (χ3v) is 20.9. The molecule has 1 radical (unpaired) electrons. The van der Waals surface area contributed by atoms with E-state index in [0.717, 1.165) is 6.04 Å². The molecule has 0 bridgehead atoms. The summed E-state index contributed by atoms with van der Waals surface area (Å²) in [6, 6.07) is 0.949. The lowest BCUT2D eigenvalue weighted by molar-refractivity contribution is 0.172. The van der Waals surface area contributed by atoms with Gasteiger partial charge in [-0.25, -0.2) is 0 Å². The third kappa shape index (κ3) is 13.7. The molecule has 0 aromatic heterocycles. The van der Waals surface area contributed by atoms with Crippen LogP contribution in [0.5, 0.6) is 0 Å². The molecular formula is C15H41O5Si5. The Morgan fingerprint density at radius 3 is 1.40 bits per heavy atom. The molecule has 0 rings (SSSR count). The molecule has 0 unspecified atom stereocenters. The molecule has 0 aliphatic heterocycles. The summed E-state index contributed by atoms with van der Waals surface area (Å²) in [5.74, 6) is 0. The molecule has 0 saturated carbocycles. The minimum Gasteiger partial charge on any atom is -0.437 e. The van der Waals surface area contributed by atoms with Gasteiger partial charge in [0.05, 0.1) is 0 Å². The van der Waals surface area contributed by atoms with E-state index in [2.05, 4.69) is 78.9 Å². The highest BCUT2D eigenvalue weighted by Crippen LogP contribution is 2.26. The molecule has 0 spiro atoms. The van der Waals surface area contributed by atoms with E-state index >= 15 is 0 Å². The maximum absolute atomic E-state index is 6.52. The minimum absolute atomic E-state index is 0.506. The topological polar surface area (TPSA) is 46.2 Å². The van der Waals surface area contributed by atoms with Crippen molar-refractivity contribution in [2.75, 3.05) is 13.2 Å². The Bertz CT molecular complexity index is 408. The quantitative estimate of drug-likeness (QED) is 0.313. The summed E-state index contributed by atoms with van der Waals surface area (Å²) in [4.78, 5) is 0. The minimum atomic E-state index is -2.34. The second kappa shape index (κ2) is 9.39. The van der Waals surface area contributed by atoms with Crippen LogP contribution >= 0.6 is 0 Å². The van der Waals surface area contributed by atoms with Crippen molar-refractivity contribution < 1.29 is 21.2 Å². The number of hydrogen-bond acceptors (Lipinski definition) is 5. The Kier molecular flexibility index (Phi) is 9.72. The lowest BCUT2D eigenvalue weighted by Crippen LogP contribution is -2.58. The average molecular weight is 442 g/mol. The molecule has 0 heterocycles. The Balaban J connectivity index is 4.83. The fourth-order valence-electron chi connectivity index (χ4n) is 3.12. The van der Waals surface area contributed by atoms with Gasteiger partial charge >= 0.3 is 25.7 Å². The van der Waals surface area contributed by atoms with E-state index in [0.29, 0.717) is 13.2 Å². The Hall–Kier alpha value is 0.884. The highest BCUT2D eigenvalue weighted by Gasteiger charge is 2.45. The van der Waals surface area contributed by atoms with Crippen molar-refractivity contribution in [2.24, 2.45) is 0 Å². The summed E-state index contributed by atoms with van der Waals surface area (Å²) in [5, 5.41) is 0. The van der Waals surface area contributed by atoms with Crippen LogP contribution in [0.2, 0.25) is 78.1 Å². The Labute approximate surface area is 161 Å². The first-order valence-electron chi connectivity index (χ1n) is 9.06. The second-order valence-electron chi connectivity index (χ2n) is 9.34.